The van der Waals surface area contributed by atoms with Gasteiger partial charge in [0, 0.05) is 26.9 Å². The number of hydrogen-bond donors (Lipinski definition) is 0. The van der Waals surface area contributed by atoms with E-state index in [1.54, 1.807) is 17.9 Å². The van der Waals surface area contributed by atoms with Crippen molar-refractivity contribution in [1.82, 2.24) is 19.5 Å². The number of esters is 1. The number of imidazole rings is 1. The van der Waals surface area contributed by atoms with Crippen molar-refractivity contribution in [3.63, 3.8) is 0 Å². The molecule has 0 bridgehead atoms. The Balaban J connectivity index is 1.93. The SMILES string of the molecule is CC(=O)O[C@H]1CCN(c2nc(F)nc3c2ncn3C)C1. The van der Waals surface area contributed by atoms with Crippen LogP contribution in [-0.2, 0) is 16.6 Å². The Morgan fingerprint density at radius 2 is 2.30 bits per heavy atom. The van der Waals surface area contributed by atoms with Gasteiger partial charge in [-0.2, -0.15) is 14.4 Å². The average molecular weight is 279 g/mol. The highest BCUT2D eigenvalue weighted by Gasteiger charge is 2.28. The largest absolute Gasteiger partial charge is 0.461 e. The van der Waals surface area contributed by atoms with Crippen LogP contribution in [0.2, 0.25) is 0 Å². The van der Waals surface area contributed by atoms with Crippen molar-refractivity contribution in [3.8, 4) is 0 Å². The average Bonchev–Trinajstić information content (AvgIpc) is 2.96. The van der Waals surface area contributed by atoms with Gasteiger partial charge in [-0.1, -0.05) is 0 Å². The van der Waals surface area contributed by atoms with Crippen molar-refractivity contribution in [2.24, 2.45) is 7.05 Å². The minimum absolute atomic E-state index is 0.190. The Kier molecular flexibility index (Phi) is 3.00. The lowest BCUT2D eigenvalue weighted by molar-refractivity contribution is -0.145. The molecule has 1 aliphatic rings. The van der Waals surface area contributed by atoms with Gasteiger partial charge >= 0.3 is 12.0 Å². The van der Waals surface area contributed by atoms with Gasteiger partial charge in [0.2, 0.25) is 0 Å². The number of aryl methyl sites for hydroxylation is 1. The first-order valence-corrected chi connectivity index (χ1v) is 6.31. The Morgan fingerprint density at radius 1 is 1.50 bits per heavy atom. The lowest BCUT2D eigenvalue weighted by atomic mass is 10.3. The minimum atomic E-state index is -0.785. The molecule has 20 heavy (non-hydrogen) atoms. The number of nitrogens with zero attached hydrogens (tertiary/aromatic N) is 5. The zero-order valence-corrected chi connectivity index (χ0v) is 11.2. The molecule has 2 aromatic rings. The van der Waals surface area contributed by atoms with Crippen LogP contribution < -0.4 is 4.90 Å². The van der Waals surface area contributed by atoms with Crippen molar-refractivity contribution < 1.29 is 13.9 Å². The zero-order chi connectivity index (χ0) is 14.3. The second kappa shape index (κ2) is 4.69. The summed E-state index contributed by atoms with van der Waals surface area (Å²) in [6, 6.07) is 0. The van der Waals surface area contributed by atoms with E-state index in [0.29, 0.717) is 36.5 Å². The molecule has 0 aliphatic carbocycles. The number of hydrogen-bond acceptors (Lipinski definition) is 6. The molecule has 1 fully saturated rings. The van der Waals surface area contributed by atoms with E-state index in [9.17, 15) is 9.18 Å². The van der Waals surface area contributed by atoms with Gasteiger partial charge in [0.25, 0.3) is 0 Å². The molecule has 7 nitrogen and oxygen atoms in total. The van der Waals surface area contributed by atoms with E-state index in [2.05, 4.69) is 15.0 Å². The maximum absolute atomic E-state index is 13.5. The van der Waals surface area contributed by atoms with Crippen molar-refractivity contribution in [1.29, 1.82) is 0 Å². The quantitative estimate of drug-likeness (QED) is 0.593. The van der Waals surface area contributed by atoms with Gasteiger partial charge in [0.1, 0.15) is 6.10 Å². The second-order valence-electron chi connectivity index (χ2n) is 4.81. The molecule has 2 aromatic heterocycles. The summed E-state index contributed by atoms with van der Waals surface area (Å²) in [6.45, 7) is 2.51. The Labute approximate surface area is 114 Å². The van der Waals surface area contributed by atoms with Gasteiger partial charge in [0.05, 0.1) is 12.9 Å². The molecule has 1 atom stereocenters. The molecule has 0 saturated carbocycles. The first-order chi connectivity index (χ1) is 9.54. The molecule has 0 amide bonds. The van der Waals surface area contributed by atoms with Crippen molar-refractivity contribution in [3.05, 3.63) is 12.4 Å². The summed E-state index contributed by atoms with van der Waals surface area (Å²) in [7, 11) is 1.75. The molecule has 0 unspecified atom stereocenters. The number of carbonyl (C=O) groups excluding carboxylic acids is 1. The Hall–Kier alpha value is -2.25. The van der Waals surface area contributed by atoms with E-state index in [1.807, 2.05) is 4.90 Å². The van der Waals surface area contributed by atoms with Crippen molar-refractivity contribution in [2.75, 3.05) is 18.0 Å². The van der Waals surface area contributed by atoms with Crippen LogP contribution in [0.4, 0.5) is 10.2 Å². The van der Waals surface area contributed by atoms with Crippen LogP contribution in [0.3, 0.4) is 0 Å². The minimum Gasteiger partial charge on any atom is -0.461 e. The topological polar surface area (TPSA) is 73.1 Å². The number of ether oxygens (including phenoxy) is 1. The van der Waals surface area contributed by atoms with E-state index in [-0.39, 0.29) is 12.1 Å². The van der Waals surface area contributed by atoms with Crippen molar-refractivity contribution in [2.45, 2.75) is 19.4 Å². The molecule has 3 rings (SSSR count). The molecule has 8 heteroatoms. The van der Waals surface area contributed by atoms with Gasteiger partial charge in [0.15, 0.2) is 17.0 Å². The monoisotopic (exact) mass is 279 g/mol. The van der Waals surface area contributed by atoms with Gasteiger partial charge in [-0.25, -0.2) is 4.98 Å². The molecule has 1 aliphatic heterocycles. The molecular formula is C12H14FN5O2. The molecule has 106 valence electrons. The van der Waals surface area contributed by atoms with Crippen LogP contribution in [0.15, 0.2) is 6.33 Å². The third-order valence-corrected chi connectivity index (χ3v) is 3.29. The van der Waals surface area contributed by atoms with E-state index < -0.39 is 6.08 Å². The third-order valence-electron chi connectivity index (χ3n) is 3.29. The number of aromatic nitrogens is 4. The number of rotatable bonds is 2. The highest BCUT2D eigenvalue weighted by Crippen LogP contribution is 2.26. The lowest BCUT2D eigenvalue weighted by Gasteiger charge is -2.17. The van der Waals surface area contributed by atoms with Crippen LogP contribution in [0.1, 0.15) is 13.3 Å². The van der Waals surface area contributed by atoms with E-state index in [4.69, 9.17) is 4.74 Å². The van der Waals surface area contributed by atoms with Gasteiger partial charge in [-0.15, -0.1) is 0 Å². The van der Waals surface area contributed by atoms with Crippen LogP contribution in [0.25, 0.3) is 11.2 Å². The summed E-state index contributed by atoms with van der Waals surface area (Å²) >= 11 is 0. The second-order valence-corrected chi connectivity index (χ2v) is 4.81. The van der Waals surface area contributed by atoms with Crippen LogP contribution in [0.5, 0.6) is 0 Å². The van der Waals surface area contributed by atoms with E-state index in [1.165, 1.54) is 6.92 Å². The van der Waals surface area contributed by atoms with Gasteiger partial charge < -0.3 is 14.2 Å². The van der Waals surface area contributed by atoms with Gasteiger partial charge in [-0.05, 0) is 0 Å². The summed E-state index contributed by atoms with van der Waals surface area (Å²) in [5.41, 5.74) is 1.00. The molecule has 0 radical (unpaired) electrons. The number of fused-ring (bicyclic) bond motifs is 1. The summed E-state index contributed by atoms with van der Waals surface area (Å²) < 4.78 is 20.3. The summed E-state index contributed by atoms with van der Waals surface area (Å²) in [5, 5.41) is 0. The first kappa shape index (κ1) is 12.8. The fraction of sp³-hybridized carbons (Fsp3) is 0.500. The van der Waals surface area contributed by atoms with Crippen LogP contribution in [-0.4, -0.2) is 44.7 Å². The molecule has 3 heterocycles. The standard InChI is InChI=1S/C12H14FN5O2/c1-7(19)20-8-3-4-18(5-8)11-9-10(15-12(13)16-11)17(2)6-14-9/h6,8H,3-5H2,1-2H3/t8-/m0/s1. The normalized spacial score (nSPS) is 18.8. The maximum atomic E-state index is 13.5. The molecule has 0 N–H and O–H groups in total. The van der Waals surface area contributed by atoms with Crippen LogP contribution >= 0.6 is 0 Å². The van der Waals surface area contributed by atoms with Crippen LogP contribution in [0, 0.1) is 6.08 Å². The Morgan fingerprint density at radius 3 is 3.05 bits per heavy atom. The number of anilines is 1. The Bertz CT molecular complexity index is 671. The molecule has 1 saturated heterocycles. The molecular weight excluding hydrogens is 265 g/mol. The molecule has 0 spiro atoms. The fourth-order valence-corrected chi connectivity index (χ4v) is 2.44. The third kappa shape index (κ3) is 2.17. The summed E-state index contributed by atoms with van der Waals surface area (Å²) in [6.07, 6.45) is 1.29. The molecule has 0 aromatic carbocycles. The highest BCUT2D eigenvalue weighted by atomic mass is 19.1. The summed E-state index contributed by atoms with van der Waals surface area (Å²) in [5.74, 6) is 0.136. The highest BCUT2D eigenvalue weighted by molar-refractivity contribution is 5.83. The zero-order valence-electron chi connectivity index (χ0n) is 11.2. The number of halogens is 1. The maximum Gasteiger partial charge on any atom is 0.312 e. The smallest absolute Gasteiger partial charge is 0.312 e. The lowest BCUT2D eigenvalue weighted by Crippen LogP contribution is -2.25. The summed E-state index contributed by atoms with van der Waals surface area (Å²) in [4.78, 5) is 24.6. The van der Waals surface area contributed by atoms with E-state index in [0.717, 1.165) is 0 Å². The predicted molar refractivity (Wildman–Crippen MR) is 68.6 cm³/mol. The van der Waals surface area contributed by atoms with Gasteiger partial charge in [-0.3, -0.25) is 4.79 Å². The first-order valence-electron chi connectivity index (χ1n) is 6.31. The van der Waals surface area contributed by atoms with Crippen molar-refractivity contribution >= 4 is 23.0 Å². The fourth-order valence-electron chi connectivity index (χ4n) is 2.44. The van der Waals surface area contributed by atoms with E-state index >= 15 is 0 Å². The predicted octanol–water partition coefficient (Wildman–Crippen LogP) is 0.644. The number of carbonyl (C=O) groups is 1.